The predicted octanol–water partition coefficient (Wildman–Crippen LogP) is 13.3. The number of rotatable bonds is 4. The molecule has 0 saturated carbocycles. The van der Waals surface area contributed by atoms with Gasteiger partial charge >= 0.3 is 0 Å². The van der Waals surface area contributed by atoms with Crippen LogP contribution in [-0.2, 0) is 0 Å². The number of furan rings is 2. The molecule has 238 valence electrons. The highest BCUT2D eigenvalue weighted by Crippen LogP contribution is 2.41. The number of hydrogen-bond acceptors (Lipinski definition) is 5. The van der Waals surface area contributed by atoms with Crippen LogP contribution >= 0.6 is 11.3 Å². The van der Waals surface area contributed by atoms with Gasteiger partial charge in [-0.2, -0.15) is 0 Å². The topological polar surface area (TPSA) is 52.1 Å². The first kappa shape index (κ1) is 28.3. The van der Waals surface area contributed by atoms with Crippen LogP contribution in [0.2, 0.25) is 0 Å². The van der Waals surface area contributed by atoms with Crippen molar-refractivity contribution in [3.8, 4) is 44.9 Å². The first-order valence-electron chi connectivity index (χ1n) is 17.0. The first-order valence-corrected chi connectivity index (χ1v) is 17.8. The summed E-state index contributed by atoms with van der Waals surface area (Å²) in [5, 5.41) is 5.66. The average molecular weight is 671 g/mol. The van der Waals surface area contributed by atoms with Crippen LogP contribution in [0.1, 0.15) is 0 Å². The number of fused-ring (bicyclic) bond motifs is 9. The molecule has 0 unspecified atom stereocenters. The van der Waals surface area contributed by atoms with Crippen molar-refractivity contribution in [1.82, 2.24) is 9.97 Å². The van der Waals surface area contributed by atoms with E-state index in [2.05, 4.69) is 133 Å². The third-order valence-corrected chi connectivity index (χ3v) is 11.1. The van der Waals surface area contributed by atoms with E-state index in [4.69, 9.17) is 18.8 Å². The minimum absolute atomic E-state index is 0.703. The smallest absolute Gasteiger partial charge is 0.160 e. The van der Waals surface area contributed by atoms with Crippen LogP contribution in [0.4, 0.5) is 0 Å². The lowest BCUT2D eigenvalue weighted by Gasteiger charge is -2.09. The van der Waals surface area contributed by atoms with Gasteiger partial charge in [0.25, 0.3) is 0 Å². The zero-order valence-corrected chi connectivity index (χ0v) is 27.9. The fourth-order valence-corrected chi connectivity index (χ4v) is 8.57. The maximum absolute atomic E-state index is 6.34. The number of thiophene rings is 1. The van der Waals surface area contributed by atoms with Gasteiger partial charge in [-0.05, 0) is 47.0 Å². The van der Waals surface area contributed by atoms with E-state index in [1.165, 1.54) is 4.70 Å². The van der Waals surface area contributed by atoms with Crippen molar-refractivity contribution in [1.29, 1.82) is 0 Å². The van der Waals surface area contributed by atoms with Crippen molar-refractivity contribution >= 4 is 75.5 Å². The Hall–Kier alpha value is -6.56. The second-order valence-corrected chi connectivity index (χ2v) is 14.0. The van der Waals surface area contributed by atoms with E-state index in [0.29, 0.717) is 5.82 Å². The van der Waals surface area contributed by atoms with Gasteiger partial charge in [-0.15, -0.1) is 11.3 Å². The Balaban J connectivity index is 1.00. The van der Waals surface area contributed by atoms with E-state index in [-0.39, 0.29) is 0 Å². The van der Waals surface area contributed by atoms with Gasteiger partial charge in [-0.25, -0.2) is 9.97 Å². The molecular formula is C46H26N2O2S. The molecule has 51 heavy (non-hydrogen) atoms. The Morgan fingerprint density at radius 3 is 1.84 bits per heavy atom. The third-order valence-electron chi connectivity index (χ3n) is 9.95. The Morgan fingerprint density at radius 2 is 1.02 bits per heavy atom. The fraction of sp³-hybridized carbons (Fsp3) is 0. The van der Waals surface area contributed by atoms with Crippen molar-refractivity contribution in [3.63, 3.8) is 0 Å². The van der Waals surface area contributed by atoms with Crippen LogP contribution in [0.25, 0.3) is 109 Å². The van der Waals surface area contributed by atoms with Crippen molar-refractivity contribution in [2.45, 2.75) is 0 Å². The Kier molecular flexibility index (Phi) is 6.09. The van der Waals surface area contributed by atoms with E-state index in [0.717, 1.165) is 98.6 Å². The van der Waals surface area contributed by atoms with Crippen molar-refractivity contribution in [2.75, 3.05) is 0 Å². The van der Waals surface area contributed by atoms with E-state index in [1.54, 1.807) is 11.3 Å². The monoisotopic (exact) mass is 670 g/mol. The molecule has 5 heteroatoms. The molecule has 11 aromatic rings. The molecule has 0 bridgehead atoms. The molecule has 0 N–H and O–H groups in total. The summed E-state index contributed by atoms with van der Waals surface area (Å²) in [6.07, 6.45) is 0. The lowest BCUT2D eigenvalue weighted by molar-refractivity contribution is 0.669. The Bertz CT molecular complexity index is 3130. The highest BCUT2D eigenvalue weighted by atomic mass is 32.1. The summed E-state index contributed by atoms with van der Waals surface area (Å²) in [6.45, 7) is 0. The van der Waals surface area contributed by atoms with Crippen LogP contribution in [0.15, 0.2) is 167 Å². The highest BCUT2D eigenvalue weighted by Gasteiger charge is 2.18. The molecule has 0 spiro atoms. The molecule has 0 amide bonds. The van der Waals surface area contributed by atoms with Crippen molar-refractivity contribution < 1.29 is 8.83 Å². The summed E-state index contributed by atoms with van der Waals surface area (Å²) in [6, 6.07) is 54.9. The number of nitrogens with zero attached hydrogens (tertiary/aromatic N) is 2. The zero-order valence-electron chi connectivity index (χ0n) is 27.1. The molecule has 0 aliphatic heterocycles. The van der Waals surface area contributed by atoms with E-state index >= 15 is 0 Å². The van der Waals surface area contributed by atoms with Gasteiger partial charge in [0.1, 0.15) is 22.3 Å². The van der Waals surface area contributed by atoms with Crippen molar-refractivity contribution in [2.24, 2.45) is 0 Å². The summed E-state index contributed by atoms with van der Waals surface area (Å²) < 4.78 is 14.8. The largest absolute Gasteiger partial charge is 0.456 e. The third kappa shape index (κ3) is 4.45. The quantitative estimate of drug-likeness (QED) is 0.187. The summed E-state index contributed by atoms with van der Waals surface area (Å²) in [4.78, 5) is 10.4. The van der Waals surface area contributed by atoms with Crippen LogP contribution in [0.3, 0.4) is 0 Å². The molecule has 0 fully saturated rings. The van der Waals surface area contributed by atoms with Gasteiger partial charge in [-0.1, -0.05) is 127 Å². The van der Waals surface area contributed by atoms with E-state index in [1.807, 2.05) is 24.3 Å². The summed E-state index contributed by atoms with van der Waals surface area (Å²) in [5.41, 5.74) is 11.9. The van der Waals surface area contributed by atoms with Gasteiger partial charge in [0.05, 0.1) is 15.9 Å². The fourth-order valence-electron chi connectivity index (χ4n) is 7.42. The molecule has 0 radical (unpaired) electrons. The standard InChI is InChI=1S/C46H26N2O2S/c1-4-13-38-33(8-1)35-25-24-31(26-40(35)49-38)27-16-20-29(21-17-27)42-45-43(37-10-3-6-15-41(37)51-45)48-46(47-42)30-22-18-28(19-23-30)32-11-7-12-36-34-9-2-5-14-39(34)50-44(32)36/h1-26H. The average Bonchev–Trinajstić information content (AvgIpc) is 3.89. The van der Waals surface area contributed by atoms with Gasteiger partial charge in [0.15, 0.2) is 5.82 Å². The zero-order chi connectivity index (χ0) is 33.5. The Morgan fingerprint density at radius 1 is 0.412 bits per heavy atom. The van der Waals surface area contributed by atoms with Gasteiger partial charge in [-0.3, -0.25) is 0 Å². The predicted molar refractivity (Wildman–Crippen MR) is 211 cm³/mol. The molecular weight excluding hydrogens is 645 g/mol. The summed E-state index contributed by atoms with van der Waals surface area (Å²) in [5.74, 6) is 0.703. The van der Waals surface area contributed by atoms with Crippen molar-refractivity contribution in [3.05, 3.63) is 158 Å². The molecule has 0 atom stereocenters. The molecule has 0 aliphatic rings. The lowest BCUT2D eigenvalue weighted by atomic mass is 10.0. The number of benzene rings is 7. The maximum Gasteiger partial charge on any atom is 0.160 e. The second kappa shape index (κ2) is 11.0. The molecule has 11 rings (SSSR count). The minimum atomic E-state index is 0.703. The first-order chi connectivity index (χ1) is 25.2. The lowest BCUT2D eigenvalue weighted by Crippen LogP contribution is -1.94. The molecule has 4 heterocycles. The highest BCUT2D eigenvalue weighted by molar-refractivity contribution is 7.26. The number of para-hydroxylation sites is 3. The van der Waals surface area contributed by atoms with Crippen LogP contribution < -0.4 is 0 Å². The normalized spacial score (nSPS) is 11.9. The SMILES string of the molecule is c1ccc2c(c1)oc1cc(-c3ccc(-c4nc(-c5ccc(-c6cccc7c6oc6ccccc67)cc5)nc5c4sc4ccccc45)cc3)ccc12. The van der Waals surface area contributed by atoms with Gasteiger partial charge < -0.3 is 8.83 Å². The molecule has 0 aliphatic carbocycles. The van der Waals surface area contributed by atoms with Gasteiger partial charge in [0.2, 0.25) is 0 Å². The van der Waals surface area contributed by atoms with Crippen LogP contribution in [0, 0.1) is 0 Å². The van der Waals surface area contributed by atoms with Crippen LogP contribution in [0.5, 0.6) is 0 Å². The van der Waals surface area contributed by atoms with Gasteiger partial charge in [0, 0.05) is 48.3 Å². The summed E-state index contributed by atoms with van der Waals surface area (Å²) >= 11 is 1.75. The Labute approximate surface area is 295 Å². The number of hydrogen-bond donors (Lipinski definition) is 0. The maximum atomic E-state index is 6.34. The second-order valence-electron chi connectivity index (χ2n) is 12.9. The van der Waals surface area contributed by atoms with E-state index < -0.39 is 0 Å². The molecule has 0 saturated heterocycles. The molecule has 4 aromatic heterocycles. The van der Waals surface area contributed by atoms with E-state index in [9.17, 15) is 0 Å². The molecule has 7 aromatic carbocycles. The number of aromatic nitrogens is 2. The van der Waals surface area contributed by atoms with Crippen LogP contribution in [-0.4, -0.2) is 9.97 Å². The summed E-state index contributed by atoms with van der Waals surface area (Å²) in [7, 11) is 0. The minimum Gasteiger partial charge on any atom is -0.456 e. The molecule has 4 nitrogen and oxygen atoms in total.